The molecular formula is C11H13N3O. The maximum atomic E-state index is 5.75. The summed E-state index contributed by atoms with van der Waals surface area (Å²) in [7, 11) is 1.64. The van der Waals surface area contributed by atoms with Gasteiger partial charge in [-0.25, -0.2) is 4.68 Å². The predicted molar refractivity (Wildman–Crippen MR) is 59.3 cm³/mol. The Morgan fingerprint density at radius 1 is 1.33 bits per heavy atom. The molecule has 15 heavy (non-hydrogen) atoms. The van der Waals surface area contributed by atoms with Crippen LogP contribution in [0.1, 0.15) is 5.69 Å². The molecule has 0 atom stereocenters. The van der Waals surface area contributed by atoms with Crippen LogP contribution in [-0.2, 0) is 0 Å². The Balaban J connectivity index is 2.53. The second kappa shape index (κ2) is 3.65. The molecule has 1 aromatic heterocycles. The third-order valence-electron chi connectivity index (χ3n) is 2.27. The van der Waals surface area contributed by atoms with Crippen LogP contribution in [0.15, 0.2) is 30.5 Å². The molecule has 0 unspecified atom stereocenters. The van der Waals surface area contributed by atoms with Crippen molar-refractivity contribution in [1.82, 2.24) is 9.78 Å². The monoisotopic (exact) mass is 203 g/mol. The summed E-state index contributed by atoms with van der Waals surface area (Å²) in [6.07, 6.45) is 1.78. The Hall–Kier alpha value is -1.97. The molecule has 0 bridgehead atoms. The molecule has 2 aromatic rings. The first-order valence-corrected chi connectivity index (χ1v) is 4.67. The largest absolute Gasteiger partial charge is 0.494 e. The molecule has 0 spiro atoms. The number of para-hydroxylation sites is 2. The first kappa shape index (κ1) is 9.58. The van der Waals surface area contributed by atoms with Crippen molar-refractivity contribution >= 4 is 5.69 Å². The second-order valence-electron chi connectivity index (χ2n) is 3.29. The van der Waals surface area contributed by atoms with Gasteiger partial charge in [0.05, 0.1) is 24.7 Å². The number of methoxy groups -OCH3 is 1. The Kier molecular flexibility index (Phi) is 2.33. The summed E-state index contributed by atoms with van der Waals surface area (Å²) < 4.78 is 6.97. The maximum Gasteiger partial charge on any atom is 0.144 e. The number of benzene rings is 1. The van der Waals surface area contributed by atoms with E-state index in [-0.39, 0.29) is 0 Å². The van der Waals surface area contributed by atoms with Crippen molar-refractivity contribution < 1.29 is 4.74 Å². The lowest BCUT2D eigenvalue weighted by molar-refractivity contribution is 0.411. The van der Waals surface area contributed by atoms with Gasteiger partial charge < -0.3 is 10.5 Å². The first-order chi connectivity index (χ1) is 7.22. The molecule has 0 fully saturated rings. The van der Waals surface area contributed by atoms with Crippen LogP contribution in [0.25, 0.3) is 5.69 Å². The lowest BCUT2D eigenvalue weighted by Crippen LogP contribution is -1.98. The van der Waals surface area contributed by atoms with Crippen LogP contribution in [0.2, 0.25) is 0 Å². The molecular weight excluding hydrogens is 190 g/mol. The molecule has 0 aliphatic heterocycles. The highest BCUT2D eigenvalue weighted by Gasteiger charge is 2.07. The molecule has 4 heteroatoms. The number of rotatable bonds is 2. The van der Waals surface area contributed by atoms with Crippen LogP contribution in [0.3, 0.4) is 0 Å². The topological polar surface area (TPSA) is 53.1 Å². The van der Waals surface area contributed by atoms with Crippen molar-refractivity contribution in [2.45, 2.75) is 6.92 Å². The number of nitrogens with two attached hydrogens (primary N) is 1. The Labute approximate surface area is 88.3 Å². The molecule has 0 aliphatic carbocycles. The van der Waals surface area contributed by atoms with Gasteiger partial charge in [-0.3, -0.25) is 0 Å². The van der Waals surface area contributed by atoms with E-state index in [1.54, 1.807) is 18.0 Å². The van der Waals surface area contributed by atoms with Crippen molar-refractivity contribution in [2.75, 3.05) is 12.8 Å². The van der Waals surface area contributed by atoms with E-state index in [0.717, 1.165) is 17.1 Å². The van der Waals surface area contributed by atoms with Crippen LogP contribution in [0.4, 0.5) is 5.69 Å². The van der Waals surface area contributed by atoms with Gasteiger partial charge in [0.2, 0.25) is 0 Å². The zero-order valence-corrected chi connectivity index (χ0v) is 8.77. The lowest BCUT2D eigenvalue weighted by atomic mass is 10.3. The van der Waals surface area contributed by atoms with Crippen LogP contribution >= 0.6 is 0 Å². The van der Waals surface area contributed by atoms with Gasteiger partial charge in [-0.2, -0.15) is 5.10 Å². The minimum atomic E-state index is 0.681. The van der Waals surface area contributed by atoms with E-state index in [1.807, 2.05) is 31.2 Å². The molecule has 78 valence electrons. The number of aromatic nitrogens is 2. The van der Waals surface area contributed by atoms with E-state index in [9.17, 15) is 0 Å². The summed E-state index contributed by atoms with van der Waals surface area (Å²) in [5, 5.41) is 4.30. The van der Waals surface area contributed by atoms with Crippen LogP contribution in [0.5, 0.6) is 5.75 Å². The highest BCUT2D eigenvalue weighted by molar-refractivity contribution is 5.49. The highest BCUT2D eigenvalue weighted by Crippen LogP contribution is 2.22. The Morgan fingerprint density at radius 3 is 2.67 bits per heavy atom. The summed E-state index contributed by atoms with van der Waals surface area (Å²) in [5.74, 6) is 0.778. The van der Waals surface area contributed by atoms with Gasteiger partial charge in [0.1, 0.15) is 11.4 Å². The number of nitrogen functional groups attached to an aromatic ring is 1. The third kappa shape index (κ3) is 1.66. The molecule has 2 N–H and O–H groups in total. The summed E-state index contributed by atoms with van der Waals surface area (Å²) in [6.45, 7) is 1.88. The Morgan fingerprint density at radius 2 is 2.07 bits per heavy atom. The quantitative estimate of drug-likeness (QED) is 0.809. The fourth-order valence-corrected chi connectivity index (χ4v) is 1.42. The summed E-state index contributed by atoms with van der Waals surface area (Å²) >= 11 is 0. The molecule has 4 nitrogen and oxygen atoms in total. The fraction of sp³-hybridized carbons (Fsp3) is 0.182. The molecule has 2 rings (SSSR count). The minimum absolute atomic E-state index is 0.681. The minimum Gasteiger partial charge on any atom is -0.494 e. The van der Waals surface area contributed by atoms with Crippen LogP contribution < -0.4 is 10.5 Å². The predicted octanol–water partition coefficient (Wildman–Crippen LogP) is 1.77. The van der Waals surface area contributed by atoms with Crippen molar-refractivity contribution in [3.63, 3.8) is 0 Å². The summed E-state index contributed by atoms with van der Waals surface area (Å²) in [4.78, 5) is 0. The number of aryl methyl sites for hydroxylation is 1. The average molecular weight is 203 g/mol. The van der Waals surface area contributed by atoms with E-state index in [4.69, 9.17) is 10.5 Å². The van der Waals surface area contributed by atoms with Gasteiger partial charge >= 0.3 is 0 Å². The number of hydrogen-bond acceptors (Lipinski definition) is 3. The van der Waals surface area contributed by atoms with E-state index < -0.39 is 0 Å². The van der Waals surface area contributed by atoms with E-state index >= 15 is 0 Å². The van der Waals surface area contributed by atoms with E-state index in [2.05, 4.69) is 5.10 Å². The normalized spacial score (nSPS) is 10.3. The van der Waals surface area contributed by atoms with Gasteiger partial charge in [0, 0.05) is 0 Å². The second-order valence-corrected chi connectivity index (χ2v) is 3.29. The van der Waals surface area contributed by atoms with Gasteiger partial charge in [0.25, 0.3) is 0 Å². The van der Waals surface area contributed by atoms with Crippen molar-refractivity contribution in [3.8, 4) is 11.4 Å². The zero-order chi connectivity index (χ0) is 10.8. The molecule has 0 aliphatic rings. The van der Waals surface area contributed by atoms with Gasteiger partial charge in [-0.05, 0) is 19.1 Å². The van der Waals surface area contributed by atoms with Crippen molar-refractivity contribution in [1.29, 1.82) is 0 Å². The van der Waals surface area contributed by atoms with Gasteiger partial charge in [-0.1, -0.05) is 12.1 Å². The highest BCUT2D eigenvalue weighted by atomic mass is 16.5. The Bertz CT molecular complexity index is 457. The number of anilines is 1. The molecule has 0 saturated carbocycles. The smallest absolute Gasteiger partial charge is 0.144 e. The molecule has 1 aromatic carbocycles. The lowest BCUT2D eigenvalue weighted by Gasteiger charge is -2.07. The van der Waals surface area contributed by atoms with Crippen LogP contribution in [-0.4, -0.2) is 16.9 Å². The zero-order valence-electron chi connectivity index (χ0n) is 8.77. The van der Waals surface area contributed by atoms with Crippen molar-refractivity contribution in [2.24, 2.45) is 0 Å². The first-order valence-electron chi connectivity index (χ1n) is 4.67. The average Bonchev–Trinajstić information content (AvgIpc) is 2.59. The number of hydrogen-bond donors (Lipinski definition) is 1. The van der Waals surface area contributed by atoms with E-state index in [0.29, 0.717) is 5.69 Å². The van der Waals surface area contributed by atoms with Crippen LogP contribution in [0, 0.1) is 6.92 Å². The standard InChI is InChI=1S/C11H13N3O/c1-8-9(12)7-14(13-8)10-5-3-4-6-11(10)15-2/h3-7H,12H2,1-2H3. The van der Waals surface area contributed by atoms with Gasteiger partial charge in [0.15, 0.2) is 0 Å². The van der Waals surface area contributed by atoms with Gasteiger partial charge in [-0.15, -0.1) is 0 Å². The fourth-order valence-electron chi connectivity index (χ4n) is 1.42. The third-order valence-corrected chi connectivity index (χ3v) is 2.27. The summed E-state index contributed by atoms with van der Waals surface area (Å²) in [6, 6.07) is 7.68. The van der Waals surface area contributed by atoms with E-state index in [1.165, 1.54) is 0 Å². The SMILES string of the molecule is COc1ccccc1-n1cc(N)c(C)n1. The number of ether oxygens (including phenoxy) is 1. The van der Waals surface area contributed by atoms with Crippen molar-refractivity contribution in [3.05, 3.63) is 36.2 Å². The molecule has 0 amide bonds. The summed E-state index contributed by atoms with van der Waals surface area (Å²) in [5.41, 5.74) is 8.14. The number of nitrogens with zero attached hydrogens (tertiary/aromatic N) is 2. The molecule has 0 saturated heterocycles. The maximum absolute atomic E-state index is 5.75. The molecule has 0 radical (unpaired) electrons. The molecule has 1 heterocycles.